The SMILES string of the molecule is Cn1nncc1B1OC(C)(C)C(C)(C)O1. The molecule has 0 spiro atoms. The van der Waals surface area contributed by atoms with Gasteiger partial charge in [-0.1, -0.05) is 5.21 Å². The van der Waals surface area contributed by atoms with E-state index in [1.165, 1.54) is 0 Å². The zero-order chi connectivity index (χ0) is 11.3. The molecule has 0 aromatic carbocycles. The van der Waals surface area contributed by atoms with Crippen LogP contribution in [0.15, 0.2) is 6.20 Å². The summed E-state index contributed by atoms with van der Waals surface area (Å²) in [4.78, 5) is 0. The third-order valence-corrected chi connectivity index (χ3v) is 3.24. The van der Waals surface area contributed by atoms with Gasteiger partial charge in [0.15, 0.2) is 0 Å². The molecule has 1 aromatic rings. The van der Waals surface area contributed by atoms with Crippen molar-refractivity contribution in [1.29, 1.82) is 0 Å². The van der Waals surface area contributed by atoms with Crippen LogP contribution in [0, 0.1) is 0 Å². The molecule has 1 fully saturated rings. The van der Waals surface area contributed by atoms with Crippen LogP contribution in [0.25, 0.3) is 0 Å². The summed E-state index contributed by atoms with van der Waals surface area (Å²) in [6.07, 6.45) is 1.67. The minimum Gasteiger partial charge on any atom is -0.398 e. The molecule has 5 nitrogen and oxygen atoms in total. The molecule has 2 rings (SSSR count). The van der Waals surface area contributed by atoms with E-state index in [1.807, 2.05) is 34.7 Å². The molecule has 0 aliphatic carbocycles. The molecule has 1 aliphatic rings. The molecule has 0 N–H and O–H groups in total. The molecule has 0 saturated carbocycles. The van der Waals surface area contributed by atoms with Gasteiger partial charge < -0.3 is 9.31 Å². The van der Waals surface area contributed by atoms with Crippen LogP contribution in [0.5, 0.6) is 0 Å². The first-order valence-electron chi connectivity index (χ1n) is 5.04. The Balaban J connectivity index is 2.27. The van der Waals surface area contributed by atoms with Gasteiger partial charge in [0.2, 0.25) is 0 Å². The third kappa shape index (κ3) is 1.57. The first-order valence-corrected chi connectivity index (χ1v) is 5.04. The summed E-state index contributed by atoms with van der Waals surface area (Å²) in [5.74, 6) is 0. The second-order valence-corrected chi connectivity index (χ2v) is 4.87. The number of aromatic nitrogens is 3. The van der Waals surface area contributed by atoms with Crippen LogP contribution in [-0.4, -0.2) is 33.3 Å². The molecule has 0 bridgehead atoms. The van der Waals surface area contributed by atoms with Gasteiger partial charge in [-0.05, 0) is 27.7 Å². The topological polar surface area (TPSA) is 49.2 Å². The fourth-order valence-electron chi connectivity index (χ4n) is 1.47. The number of hydrogen-bond donors (Lipinski definition) is 0. The van der Waals surface area contributed by atoms with E-state index in [-0.39, 0.29) is 18.3 Å². The minimum atomic E-state index is -0.380. The monoisotopic (exact) mass is 209 g/mol. The molecule has 2 heterocycles. The molecule has 6 heteroatoms. The normalized spacial score (nSPS) is 23.4. The lowest BCUT2D eigenvalue weighted by molar-refractivity contribution is 0.00578. The minimum absolute atomic E-state index is 0.318. The Labute approximate surface area is 89.9 Å². The summed E-state index contributed by atoms with van der Waals surface area (Å²) in [6, 6.07) is 0. The molecular formula is C9H16BN3O2. The molecule has 15 heavy (non-hydrogen) atoms. The van der Waals surface area contributed by atoms with Gasteiger partial charge in [0.05, 0.1) is 23.0 Å². The van der Waals surface area contributed by atoms with E-state index in [0.29, 0.717) is 0 Å². The van der Waals surface area contributed by atoms with Crippen LogP contribution < -0.4 is 5.59 Å². The van der Waals surface area contributed by atoms with Crippen LogP contribution in [0.3, 0.4) is 0 Å². The zero-order valence-electron chi connectivity index (χ0n) is 9.81. The van der Waals surface area contributed by atoms with Crippen LogP contribution in [0.4, 0.5) is 0 Å². The van der Waals surface area contributed by atoms with Crippen molar-refractivity contribution >= 4 is 12.7 Å². The zero-order valence-corrected chi connectivity index (χ0v) is 9.81. The number of hydrogen-bond acceptors (Lipinski definition) is 4. The predicted molar refractivity (Wildman–Crippen MR) is 56.7 cm³/mol. The summed E-state index contributed by atoms with van der Waals surface area (Å²) in [5.41, 5.74) is 0.206. The van der Waals surface area contributed by atoms with E-state index in [9.17, 15) is 0 Å². The highest BCUT2D eigenvalue weighted by atomic mass is 16.7. The Bertz CT molecular complexity index is 359. The van der Waals surface area contributed by atoms with Crippen molar-refractivity contribution in [2.45, 2.75) is 38.9 Å². The lowest BCUT2D eigenvalue weighted by Gasteiger charge is -2.32. The van der Waals surface area contributed by atoms with Crippen molar-refractivity contribution in [3.05, 3.63) is 6.20 Å². The molecule has 0 unspecified atom stereocenters. The van der Waals surface area contributed by atoms with Crippen molar-refractivity contribution in [3.63, 3.8) is 0 Å². The molecule has 82 valence electrons. The number of nitrogens with zero attached hydrogens (tertiary/aromatic N) is 3. The molecule has 0 amide bonds. The third-order valence-electron chi connectivity index (χ3n) is 3.24. The summed E-state index contributed by atoms with van der Waals surface area (Å²) >= 11 is 0. The molecular weight excluding hydrogens is 193 g/mol. The Morgan fingerprint density at radius 2 is 1.73 bits per heavy atom. The molecule has 1 aromatic heterocycles. The van der Waals surface area contributed by atoms with E-state index < -0.39 is 0 Å². The van der Waals surface area contributed by atoms with Gasteiger partial charge in [-0.15, -0.1) is 5.10 Å². The molecule has 1 saturated heterocycles. The highest BCUT2D eigenvalue weighted by Gasteiger charge is 2.52. The summed E-state index contributed by atoms with van der Waals surface area (Å²) in [7, 11) is 1.45. The lowest BCUT2D eigenvalue weighted by atomic mass is 9.85. The summed E-state index contributed by atoms with van der Waals surface area (Å²) in [6.45, 7) is 8.10. The van der Waals surface area contributed by atoms with E-state index in [4.69, 9.17) is 9.31 Å². The van der Waals surface area contributed by atoms with E-state index in [0.717, 1.165) is 5.59 Å². The summed E-state index contributed by atoms with van der Waals surface area (Å²) < 4.78 is 13.4. The average Bonchev–Trinajstić information content (AvgIpc) is 2.55. The van der Waals surface area contributed by atoms with Gasteiger partial charge in [0.1, 0.15) is 0 Å². The first kappa shape index (κ1) is 10.6. The predicted octanol–water partition coefficient (Wildman–Crippen LogP) is 0.114. The fourth-order valence-corrected chi connectivity index (χ4v) is 1.47. The largest absolute Gasteiger partial charge is 0.515 e. The van der Waals surface area contributed by atoms with Crippen LogP contribution in [0.2, 0.25) is 0 Å². The maximum atomic E-state index is 5.87. The second-order valence-electron chi connectivity index (χ2n) is 4.87. The average molecular weight is 209 g/mol. The maximum absolute atomic E-state index is 5.87. The van der Waals surface area contributed by atoms with E-state index >= 15 is 0 Å². The Hall–Kier alpha value is -0.875. The number of aryl methyl sites for hydroxylation is 1. The Kier molecular flexibility index (Phi) is 2.17. The fraction of sp³-hybridized carbons (Fsp3) is 0.778. The smallest absolute Gasteiger partial charge is 0.398 e. The van der Waals surface area contributed by atoms with Crippen molar-refractivity contribution in [2.75, 3.05) is 0 Å². The van der Waals surface area contributed by atoms with E-state index in [1.54, 1.807) is 10.9 Å². The van der Waals surface area contributed by atoms with Crippen molar-refractivity contribution in [1.82, 2.24) is 15.0 Å². The van der Waals surface area contributed by atoms with Crippen molar-refractivity contribution in [2.24, 2.45) is 7.05 Å². The first-order chi connectivity index (χ1) is 6.83. The van der Waals surface area contributed by atoms with Gasteiger partial charge in [-0.25, -0.2) is 0 Å². The van der Waals surface area contributed by atoms with Crippen LogP contribution >= 0.6 is 0 Å². The summed E-state index contributed by atoms with van der Waals surface area (Å²) in [5, 5.41) is 7.68. The van der Waals surface area contributed by atoms with Gasteiger partial charge in [-0.3, -0.25) is 4.68 Å². The molecule has 1 aliphatic heterocycles. The highest BCUT2D eigenvalue weighted by molar-refractivity contribution is 6.61. The van der Waals surface area contributed by atoms with Gasteiger partial charge >= 0.3 is 7.12 Å². The Morgan fingerprint density at radius 3 is 2.13 bits per heavy atom. The highest BCUT2D eigenvalue weighted by Crippen LogP contribution is 2.36. The maximum Gasteiger partial charge on any atom is 0.515 e. The Morgan fingerprint density at radius 1 is 1.20 bits per heavy atom. The quantitative estimate of drug-likeness (QED) is 0.616. The number of rotatable bonds is 1. The standard InChI is InChI=1S/C9H16BN3O2/c1-8(2)9(3,4)15-10(14-8)7-6-11-12-13(7)5/h6H,1-5H3. The van der Waals surface area contributed by atoms with Gasteiger partial charge in [0, 0.05) is 7.05 Å². The van der Waals surface area contributed by atoms with E-state index in [2.05, 4.69) is 10.3 Å². The molecule has 0 radical (unpaired) electrons. The lowest BCUT2D eigenvalue weighted by Crippen LogP contribution is -2.41. The van der Waals surface area contributed by atoms with Gasteiger partial charge in [-0.2, -0.15) is 0 Å². The van der Waals surface area contributed by atoms with Gasteiger partial charge in [0.25, 0.3) is 0 Å². The van der Waals surface area contributed by atoms with Crippen LogP contribution in [0.1, 0.15) is 27.7 Å². The second kappa shape index (κ2) is 3.06. The van der Waals surface area contributed by atoms with Crippen molar-refractivity contribution in [3.8, 4) is 0 Å². The molecule has 0 atom stereocenters. The van der Waals surface area contributed by atoms with Crippen LogP contribution in [-0.2, 0) is 16.4 Å². The van der Waals surface area contributed by atoms with Crippen molar-refractivity contribution < 1.29 is 9.31 Å².